The SMILES string of the molecule is CC(=O)C(CO)CCC(C)(C)C.CC(=O)CCC(C)C(C)(C)C. The molecule has 0 saturated carbocycles. The highest BCUT2D eigenvalue weighted by molar-refractivity contribution is 5.78. The highest BCUT2D eigenvalue weighted by Crippen LogP contribution is 2.28. The molecular formula is C20H40O3. The lowest BCUT2D eigenvalue weighted by molar-refractivity contribution is -0.122. The van der Waals surface area contributed by atoms with Gasteiger partial charge in [0.05, 0.1) is 6.61 Å². The molecule has 2 unspecified atom stereocenters. The molecule has 0 bridgehead atoms. The van der Waals surface area contributed by atoms with Crippen LogP contribution >= 0.6 is 0 Å². The molecule has 0 aromatic rings. The molecule has 0 aromatic carbocycles. The first-order chi connectivity index (χ1) is 10.2. The van der Waals surface area contributed by atoms with Crippen molar-refractivity contribution in [1.82, 2.24) is 0 Å². The standard InChI is InChI=1S/C10H20O2.C10H20O/c1-8(12)9(7-11)5-6-10(2,3)4;1-8(10(3,4)5)6-7-9(2)11/h9,11H,5-7H2,1-4H3;8H,6-7H2,1-5H3. The third-order valence-electron chi connectivity index (χ3n) is 4.45. The van der Waals surface area contributed by atoms with E-state index in [-0.39, 0.29) is 23.7 Å². The van der Waals surface area contributed by atoms with Gasteiger partial charge in [0.15, 0.2) is 0 Å². The predicted molar refractivity (Wildman–Crippen MR) is 98.5 cm³/mol. The van der Waals surface area contributed by atoms with Crippen molar-refractivity contribution >= 4 is 11.6 Å². The van der Waals surface area contributed by atoms with Gasteiger partial charge in [-0.15, -0.1) is 0 Å². The van der Waals surface area contributed by atoms with Crippen molar-refractivity contribution in [2.45, 2.75) is 88.0 Å². The summed E-state index contributed by atoms with van der Waals surface area (Å²) in [6.07, 6.45) is 3.55. The summed E-state index contributed by atoms with van der Waals surface area (Å²) in [7, 11) is 0. The first-order valence-electron chi connectivity index (χ1n) is 8.81. The summed E-state index contributed by atoms with van der Waals surface area (Å²) in [5, 5.41) is 8.87. The maximum absolute atomic E-state index is 10.9. The summed E-state index contributed by atoms with van der Waals surface area (Å²) in [5.41, 5.74) is 0.596. The van der Waals surface area contributed by atoms with Crippen molar-refractivity contribution in [1.29, 1.82) is 0 Å². The third kappa shape index (κ3) is 16.0. The van der Waals surface area contributed by atoms with Crippen molar-refractivity contribution in [3.05, 3.63) is 0 Å². The number of carbonyl (C=O) groups excluding carboxylic acids is 2. The van der Waals surface area contributed by atoms with Crippen LogP contribution < -0.4 is 0 Å². The minimum Gasteiger partial charge on any atom is -0.396 e. The highest BCUT2D eigenvalue weighted by atomic mass is 16.3. The molecule has 0 aliphatic heterocycles. The Balaban J connectivity index is 0. The van der Waals surface area contributed by atoms with Gasteiger partial charge in [-0.05, 0) is 49.9 Å². The van der Waals surface area contributed by atoms with E-state index in [2.05, 4.69) is 48.5 Å². The Kier molecular flexibility index (Phi) is 11.7. The Morgan fingerprint density at radius 3 is 1.70 bits per heavy atom. The first-order valence-corrected chi connectivity index (χ1v) is 8.81. The molecule has 2 atom stereocenters. The van der Waals surface area contributed by atoms with Crippen LogP contribution in [0.3, 0.4) is 0 Å². The summed E-state index contributed by atoms with van der Waals surface area (Å²) >= 11 is 0. The minimum atomic E-state index is -0.149. The quantitative estimate of drug-likeness (QED) is 0.711. The molecule has 23 heavy (non-hydrogen) atoms. The van der Waals surface area contributed by atoms with Gasteiger partial charge in [-0.25, -0.2) is 0 Å². The van der Waals surface area contributed by atoms with Crippen LogP contribution in [0.15, 0.2) is 0 Å². The van der Waals surface area contributed by atoms with Gasteiger partial charge < -0.3 is 9.90 Å². The molecule has 0 aliphatic rings. The van der Waals surface area contributed by atoms with Gasteiger partial charge >= 0.3 is 0 Å². The van der Waals surface area contributed by atoms with Crippen LogP contribution in [0.25, 0.3) is 0 Å². The lowest BCUT2D eigenvalue weighted by atomic mass is 9.79. The fraction of sp³-hybridized carbons (Fsp3) is 0.900. The molecule has 0 rings (SSSR count). The summed E-state index contributed by atoms with van der Waals surface area (Å²) in [4.78, 5) is 21.6. The summed E-state index contributed by atoms with van der Waals surface area (Å²) < 4.78 is 0. The molecule has 0 amide bonds. The Hall–Kier alpha value is -0.700. The molecule has 0 fully saturated rings. The van der Waals surface area contributed by atoms with Gasteiger partial charge in [-0.3, -0.25) is 4.79 Å². The van der Waals surface area contributed by atoms with E-state index in [0.717, 1.165) is 25.7 Å². The molecule has 0 spiro atoms. The van der Waals surface area contributed by atoms with Crippen LogP contribution in [0.2, 0.25) is 0 Å². The van der Waals surface area contributed by atoms with Gasteiger partial charge in [-0.1, -0.05) is 48.5 Å². The largest absolute Gasteiger partial charge is 0.396 e. The van der Waals surface area contributed by atoms with E-state index in [9.17, 15) is 9.59 Å². The van der Waals surface area contributed by atoms with Crippen molar-refractivity contribution < 1.29 is 14.7 Å². The fourth-order valence-electron chi connectivity index (χ4n) is 1.88. The molecule has 0 radical (unpaired) electrons. The molecule has 138 valence electrons. The molecular weight excluding hydrogens is 288 g/mol. The van der Waals surface area contributed by atoms with E-state index in [4.69, 9.17) is 5.11 Å². The van der Waals surface area contributed by atoms with E-state index in [1.54, 1.807) is 13.8 Å². The minimum absolute atomic E-state index is 0.00852. The van der Waals surface area contributed by atoms with Gasteiger partial charge in [0.1, 0.15) is 11.6 Å². The van der Waals surface area contributed by atoms with E-state index in [0.29, 0.717) is 17.1 Å². The Morgan fingerprint density at radius 2 is 1.43 bits per heavy atom. The summed E-state index contributed by atoms with van der Waals surface area (Å²) in [6, 6.07) is 0. The van der Waals surface area contributed by atoms with Crippen molar-refractivity contribution in [3.8, 4) is 0 Å². The normalized spacial score (nSPS) is 14.5. The Labute approximate surface area is 144 Å². The second kappa shape index (κ2) is 11.0. The summed E-state index contributed by atoms with van der Waals surface area (Å²) in [6.45, 7) is 18.5. The van der Waals surface area contributed by atoms with Crippen LogP contribution in [-0.2, 0) is 9.59 Å². The highest BCUT2D eigenvalue weighted by Gasteiger charge is 2.19. The van der Waals surface area contributed by atoms with E-state index in [1.165, 1.54) is 0 Å². The van der Waals surface area contributed by atoms with Crippen molar-refractivity contribution in [2.24, 2.45) is 22.7 Å². The maximum atomic E-state index is 10.9. The van der Waals surface area contributed by atoms with Gasteiger partial charge in [-0.2, -0.15) is 0 Å². The van der Waals surface area contributed by atoms with Crippen LogP contribution in [0.4, 0.5) is 0 Å². The zero-order valence-electron chi connectivity index (χ0n) is 17.0. The number of aliphatic hydroxyl groups excluding tert-OH is 1. The Bertz CT molecular complexity index is 345. The van der Waals surface area contributed by atoms with Crippen molar-refractivity contribution in [2.75, 3.05) is 6.61 Å². The monoisotopic (exact) mass is 328 g/mol. The molecule has 0 heterocycles. The average molecular weight is 329 g/mol. The van der Waals surface area contributed by atoms with Gasteiger partial charge in [0.25, 0.3) is 0 Å². The molecule has 0 aromatic heterocycles. The number of ketones is 2. The number of hydrogen-bond acceptors (Lipinski definition) is 3. The Morgan fingerprint density at radius 1 is 0.957 bits per heavy atom. The number of hydrogen-bond donors (Lipinski definition) is 1. The predicted octanol–water partition coefficient (Wildman–Crippen LogP) is 5.05. The topological polar surface area (TPSA) is 54.4 Å². The molecule has 3 heteroatoms. The number of Topliss-reactive ketones (excluding diaryl/α,β-unsaturated/α-hetero) is 2. The zero-order valence-corrected chi connectivity index (χ0v) is 17.0. The molecule has 1 N–H and O–H groups in total. The van der Waals surface area contributed by atoms with Crippen LogP contribution in [0.1, 0.15) is 88.0 Å². The van der Waals surface area contributed by atoms with Gasteiger partial charge in [0, 0.05) is 12.3 Å². The second-order valence-electron chi connectivity index (χ2n) is 9.10. The third-order valence-corrected chi connectivity index (χ3v) is 4.45. The number of rotatable bonds is 7. The summed E-state index contributed by atoms with van der Waals surface area (Å²) in [5.74, 6) is 0.887. The first kappa shape index (κ1) is 24.6. The van der Waals surface area contributed by atoms with E-state index < -0.39 is 0 Å². The van der Waals surface area contributed by atoms with Gasteiger partial charge in [0.2, 0.25) is 0 Å². The van der Waals surface area contributed by atoms with Crippen LogP contribution in [0, 0.1) is 22.7 Å². The fourth-order valence-corrected chi connectivity index (χ4v) is 1.88. The second-order valence-corrected chi connectivity index (χ2v) is 9.10. The van der Waals surface area contributed by atoms with E-state index in [1.807, 2.05) is 0 Å². The number of aliphatic hydroxyl groups is 1. The maximum Gasteiger partial charge on any atom is 0.135 e. The molecule has 0 saturated heterocycles. The lowest BCUT2D eigenvalue weighted by Gasteiger charge is -2.26. The van der Waals surface area contributed by atoms with E-state index >= 15 is 0 Å². The lowest BCUT2D eigenvalue weighted by Crippen LogP contribution is -2.18. The van der Waals surface area contributed by atoms with Crippen molar-refractivity contribution in [3.63, 3.8) is 0 Å². The average Bonchev–Trinajstić information content (AvgIpc) is 2.34. The molecule has 0 aliphatic carbocycles. The zero-order chi connectivity index (χ0) is 18.8. The van der Waals surface area contributed by atoms with Crippen LogP contribution in [0.5, 0.6) is 0 Å². The van der Waals surface area contributed by atoms with Crippen LogP contribution in [-0.4, -0.2) is 23.3 Å². The molecule has 3 nitrogen and oxygen atoms in total. The smallest absolute Gasteiger partial charge is 0.135 e. The number of carbonyl (C=O) groups is 2.